The number of nitrogens with one attached hydrogen (secondary N) is 1. The monoisotopic (exact) mass is 400 g/mol. The van der Waals surface area contributed by atoms with Gasteiger partial charge in [-0.1, -0.05) is 18.7 Å². The minimum absolute atomic E-state index is 0.0576. The van der Waals surface area contributed by atoms with Crippen molar-refractivity contribution in [2.45, 2.75) is 42.7 Å². The number of thioether (sulfide) groups is 1. The largest absolute Gasteiger partial charge is 0.351 e. The molecule has 0 aliphatic carbocycles. The van der Waals surface area contributed by atoms with Crippen LogP contribution in [0.15, 0.2) is 28.3 Å². The van der Waals surface area contributed by atoms with Gasteiger partial charge in [-0.3, -0.25) is 4.79 Å². The fourth-order valence-electron chi connectivity index (χ4n) is 2.42. The Balaban J connectivity index is 1.94. The summed E-state index contributed by atoms with van der Waals surface area (Å²) in [6.07, 6.45) is 2.23. The second kappa shape index (κ2) is 8.69. The van der Waals surface area contributed by atoms with Crippen molar-refractivity contribution < 1.29 is 13.2 Å². The SMILES string of the molecule is CCC(C)(C)NC(=O)CSc1ccc(S(=O)(=O)N2CCN(C)CC2)cn1. The van der Waals surface area contributed by atoms with Crippen molar-refractivity contribution in [2.75, 3.05) is 39.0 Å². The molecule has 0 aromatic carbocycles. The molecule has 146 valence electrons. The number of aromatic nitrogens is 1. The van der Waals surface area contributed by atoms with Crippen LogP contribution < -0.4 is 5.32 Å². The Bertz CT molecular complexity index is 712. The average Bonchev–Trinajstić information content (AvgIpc) is 2.60. The first-order chi connectivity index (χ1) is 12.1. The summed E-state index contributed by atoms with van der Waals surface area (Å²) in [5, 5.41) is 3.60. The molecule has 9 heteroatoms. The van der Waals surface area contributed by atoms with Crippen LogP contribution in [0.4, 0.5) is 0 Å². The van der Waals surface area contributed by atoms with Crippen LogP contribution in [0.5, 0.6) is 0 Å². The van der Waals surface area contributed by atoms with Crippen LogP contribution in [0.1, 0.15) is 27.2 Å². The van der Waals surface area contributed by atoms with Gasteiger partial charge in [0.25, 0.3) is 0 Å². The third kappa shape index (κ3) is 5.67. The van der Waals surface area contributed by atoms with Crippen molar-refractivity contribution in [1.82, 2.24) is 19.5 Å². The molecule has 2 rings (SSSR count). The molecule has 1 saturated heterocycles. The molecule has 1 amide bonds. The topological polar surface area (TPSA) is 82.6 Å². The number of carbonyl (C=O) groups excluding carboxylic acids is 1. The first kappa shape index (κ1) is 21.1. The number of amides is 1. The van der Waals surface area contributed by atoms with Gasteiger partial charge in [0.15, 0.2) is 0 Å². The minimum atomic E-state index is -3.51. The lowest BCUT2D eigenvalue weighted by Crippen LogP contribution is -2.47. The molecule has 7 nitrogen and oxygen atoms in total. The Morgan fingerprint density at radius 1 is 1.27 bits per heavy atom. The molecule has 0 bridgehead atoms. The number of rotatable bonds is 7. The average molecular weight is 401 g/mol. The molecule has 0 unspecified atom stereocenters. The molecule has 0 atom stereocenters. The van der Waals surface area contributed by atoms with Gasteiger partial charge in [0, 0.05) is 37.9 Å². The molecule has 26 heavy (non-hydrogen) atoms. The highest BCUT2D eigenvalue weighted by Crippen LogP contribution is 2.21. The third-order valence-corrected chi connectivity index (χ3v) is 7.35. The van der Waals surface area contributed by atoms with Gasteiger partial charge in [-0.15, -0.1) is 0 Å². The van der Waals surface area contributed by atoms with Gasteiger partial charge >= 0.3 is 0 Å². The van der Waals surface area contributed by atoms with Crippen molar-refractivity contribution in [1.29, 1.82) is 0 Å². The lowest BCUT2D eigenvalue weighted by atomic mass is 10.0. The van der Waals surface area contributed by atoms with E-state index in [4.69, 9.17) is 0 Å². The molecule has 1 aliphatic rings. The van der Waals surface area contributed by atoms with Gasteiger partial charge < -0.3 is 10.2 Å². The molecule has 0 saturated carbocycles. The molecule has 0 spiro atoms. The van der Waals surface area contributed by atoms with Crippen LogP contribution in [-0.2, 0) is 14.8 Å². The van der Waals surface area contributed by atoms with E-state index < -0.39 is 10.0 Å². The lowest BCUT2D eigenvalue weighted by Gasteiger charge is -2.31. The molecule has 1 aliphatic heterocycles. The van der Waals surface area contributed by atoms with Crippen LogP contribution in [0, 0.1) is 0 Å². The first-order valence-corrected chi connectivity index (χ1v) is 11.2. The van der Waals surface area contributed by atoms with E-state index in [0.29, 0.717) is 18.1 Å². The summed E-state index contributed by atoms with van der Waals surface area (Å²) in [7, 11) is -1.52. The zero-order valence-corrected chi connectivity index (χ0v) is 17.5. The van der Waals surface area contributed by atoms with Gasteiger partial charge in [-0.25, -0.2) is 13.4 Å². The summed E-state index contributed by atoms with van der Waals surface area (Å²) in [4.78, 5) is 18.5. The molecule has 1 aromatic heterocycles. The number of hydrogen-bond donors (Lipinski definition) is 1. The number of sulfonamides is 1. The number of pyridine rings is 1. The van der Waals surface area contributed by atoms with E-state index >= 15 is 0 Å². The molecular weight excluding hydrogens is 372 g/mol. The number of carbonyl (C=O) groups is 1. The Morgan fingerprint density at radius 2 is 1.92 bits per heavy atom. The summed E-state index contributed by atoms with van der Waals surface area (Å²) in [6, 6.07) is 3.22. The first-order valence-electron chi connectivity index (χ1n) is 8.72. The summed E-state index contributed by atoms with van der Waals surface area (Å²) in [5.41, 5.74) is -0.231. The smallest absolute Gasteiger partial charge is 0.244 e. The maximum absolute atomic E-state index is 12.7. The van der Waals surface area contributed by atoms with Crippen molar-refractivity contribution >= 4 is 27.7 Å². The fraction of sp³-hybridized carbons (Fsp3) is 0.647. The molecule has 1 N–H and O–H groups in total. The van der Waals surface area contributed by atoms with Crippen LogP contribution in [-0.4, -0.2) is 73.0 Å². The van der Waals surface area contributed by atoms with E-state index in [2.05, 4.69) is 15.2 Å². The summed E-state index contributed by atoms with van der Waals surface area (Å²) < 4.78 is 26.8. The Kier molecular flexibility index (Phi) is 7.06. The van der Waals surface area contributed by atoms with E-state index in [-0.39, 0.29) is 22.1 Å². The summed E-state index contributed by atoms with van der Waals surface area (Å²) in [5.74, 6) is 0.193. The van der Waals surface area contributed by atoms with Gasteiger partial charge in [0.2, 0.25) is 15.9 Å². The molecule has 0 radical (unpaired) electrons. The number of nitrogens with zero attached hydrogens (tertiary/aromatic N) is 3. The molecule has 1 fully saturated rings. The Hall–Kier alpha value is -1.16. The molecule has 2 heterocycles. The van der Waals surface area contributed by atoms with E-state index in [0.717, 1.165) is 19.5 Å². The highest BCUT2D eigenvalue weighted by Gasteiger charge is 2.27. The fourth-order valence-corrected chi connectivity index (χ4v) is 4.43. The second-order valence-corrected chi connectivity index (χ2v) is 10.0. The van der Waals surface area contributed by atoms with Crippen LogP contribution >= 0.6 is 11.8 Å². The highest BCUT2D eigenvalue weighted by atomic mass is 32.2. The van der Waals surface area contributed by atoms with Crippen molar-refractivity contribution in [3.8, 4) is 0 Å². The maximum atomic E-state index is 12.7. The van der Waals surface area contributed by atoms with E-state index in [1.54, 1.807) is 12.1 Å². The number of likely N-dealkylation sites (N-methyl/N-ethyl adjacent to an activating group) is 1. The zero-order chi connectivity index (χ0) is 19.4. The van der Waals surface area contributed by atoms with Gasteiger partial charge in [-0.2, -0.15) is 4.31 Å². The highest BCUT2D eigenvalue weighted by molar-refractivity contribution is 7.99. The summed E-state index contributed by atoms with van der Waals surface area (Å²) >= 11 is 1.30. The zero-order valence-electron chi connectivity index (χ0n) is 15.9. The number of piperazine rings is 1. The summed E-state index contributed by atoms with van der Waals surface area (Å²) in [6.45, 7) is 8.41. The lowest BCUT2D eigenvalue weighted by molar-refractivity contribution is -0.120. The van der Waals surface area contributed by atoms with Crippen LogP contribution in [0.2, 0.25) is 0 Å². The quantitative estimate of drug-likeness (QED) is 0.697. The second-order valence-electron chi connectivity index (χ2n) is 7.11. The van der Waals surface area contributed by atoms with Crippen LogP contribution in [0.3, 0.4) is 0 Å². The van der Waals surface area contributed by atoms with Crippen molar-refractivity contribution in [3.05, 3.63) is 18.3 Å². The van der Waals surface area contributed by atoms with Gasteiger partial charge in [0.1, 0.15) is 4.90 Å². The van der Waals surface area contributed by atoms with Gasteiger partial charge in [-0.05, 0) is 39.4 Å². The Morgan fingerprint density at radius 3 is 2.46 bits per heavy atom. The van der Waals surface area contributed by atoms with Crippen molar-refractivity contribution in [2.24, 2.45) is 0 Å². The maximum Gasteiger partial charge on any atom is 0.244 e. The van der Waals surface area contributed by atoms with E-state index in [9.17, 15) is 13.2 Å². The van der Waals surface area contributed by atoms with E-state index in [1.165, 1.54) is 22.3 Å². The normalized spacial score (nSPS) is 17.2. The third-order valence-electron chi connectivity index (χ3n) is 4.52. The standard InChI is InChI=1S/C17H28N4O3S2/c1-5-17(2,3)19-15(22)13-25-16-7-6-14(12-18-16)26(23,24)21-10-8-20(4)9-11-21/h6-7,12H,5,8-11,13H2,1-4H3,(H,19,22). The molecule has 1 aromatic rings. The van der Waals surface area contributed by atoms with Crippen molar-refractivity contribution in [3.63, 3.8) is 0 Å². The Labute approximate surface area is 160 Å². The minimum Gasteiger partial charge on any atom is -0.351 e. The predicted octanol–water partition coefficient (Wildman–Crippen LogP) is 1.41. The van der Waals surface area contributed by atoms with E-state index in [1.807, 2.05) is 27.8 Å². The van der Waals surface area contributed by atoms with Gasteiger partial charge in [0.05, 0.1) is 10.8 Å². The van der Waals surface area contributed by atoms with Crippen LogP contribution in [0.25, 0.3) is 0 Å². The number of hydrogen-bond acceptors (Lipinski definition) is 6. The molecular formula is C17H28N4O3S2. The predicted molar refractivity (Wildman–Crippen MR) is 104 cm³/mol.